The summed E-state index contributed by atoms with van der Waals surface area (Å²) in [6.45, 7) is 5.83. The van der Waals surface area contributed by atoms with Gasteiger partial charge in [-0.3, -0.25) is 19.4 Å². The lowest BCUT2D eigenvalue weighted by molar-refractivity contribution is -0.123. The Morgan fingerprint density at radius 3 is 2.43 bits per heavy atom. The van der Waals surface area contributed by atoms with Gasteiger partial charge in [-0.2, -0.15) is 5.11 Å². The molecule has 30 heavy (non-hydrogen) atoms. The third-order valence-corrected chi connectivity index (χ3v) is 5.56. The van der Waals surface area contributed by atoms with E-state index in [1.54, 1.807) is 12.1 Å². The van der Waals surface area contributed by atoms with E-state index in [1.807, 2.05) is 51.1 Å². The molecule has 2 aliphatic rings. The third kappa shape index (κ3) is 3.45. The number of carbonyl (C=O) groups excluding carboxylic acids is 3. The molecule has 0 bridgehead atoms. The zero-order chi connectivity index (χ0) is 21.4. The number of hydrogen-bond donors (Lipinski definition) is 1. The molecule has 8 heteroatoms. The highest BCUT2D eigenvalue weighted by Crippen LogP contribution is 2.32. The van der Waals surface area contributed by atoms with Crippen molar-refractivity contribution >= 4 is 29.1 Å². The predicted molar refractivity (Wildman–Crippen MR) is 112 cm³/mol. The molecule has 2 atom stereocenters. The van der Waals surface area contributed by atoms with Crippen LogP contribution in [0.4, 0.5) is 11.4 Å². The number of imide groups is 1. The largest absolute Gasteiger partial charge is 0.324 e. The Labute approximate surface area is 174 Å². The quantitative estimate of drug-likeness (QED) is 0.774. The number of rotatable bonds is 5. The Hall–Kier alpha value is -3.55. The van der Waals surface area contributed by atoms with E-state index in [9.17, 15) is 14.4 Å². The molecule has 2 aliphatic heterocycles. The first-order valence-corrected chi connectivity index (χ1v) is 9.90. The van der Waals surface area contributed by atoms with Crippen molar-refractivity contribution in [3.05, 3.63) is 59.2 Å². The van der Waals surface area contributed by atoms with E-state index in [1.165, 1.54) is 5.01 Å². The molecule has 3 amide bonds. The van der Waals surface area contributed by atoms with Crippen molar-refractivity contribution in [2.24, 2.45) is 10.3 Å². The minimum absolute atomic E-state index is 0.167. The first-order chi connectivity index (χ1) is 14.4. The van der Waals surface area contributed by atoms with Gasteiger partial charge >= 0.3 is 0 Å². The molecule has 2 aromatic rings. The summed E-state index contributed by atoms with van der Waals surface area (Å²) >= 11 is 0. The average Bonchev–Trinajstić information content (AvgIpc) is 3.24. The van der Waals surface area contributed by atoms with E-state index in [4.69, 9.17) is 0 Å². The second-order valence-corrected chi connectivity index (χ2v) is 7.57. The van der Waals surface area contributed by atoms with E-state index in [2.05, 4.69) is 15.7 Å². The smallest absolute Gasteiger partial charge is 0.263 e. The van der Waals surface area contributed by atoms with Crippen LogP contribution in [0.3, 0.4) is 0 Å². The van der Waals surface area contributed by atoms with Crippen molar-refractivity contribution in [1.29, 1.82) is 0 Å². The maximum absolute atomic E-state index is 13.0. The second-order valence-electron chi connectivity index (χ2n) is 7.57. The van der Waals surface area contributed by atoms with Gasteiger partial charge in [0, 0.05) is 5.69 Å². The number of benzene rings is 2. The number of nitrogens with zero attached hydrogens (tertiary/aromatic N) is 4. The maximum Gasteiger partial charge on any atom is 0.263 e. The van der Waals surface area contributed by atoms with E-state index in [0.717, 1.165) is 28.0 Å². The number of nitrogens with one attached hydrogen (secondary N) is 1. The standard InChI is InChI=1S/C22H23N5O3/c1-4-15-6-9-17(10-7-15)27-21(29)19-20(22(27)30)26(25-24-19)12-18(28)23-16-8-5-13(2)14(3)11-16/h5-11,19-20H,4,12H2,1-3H3,(H,23,28)/t19-,20-/m1/s1. The van der Waals surface area contributed by atoms with Crippen LogP contribution in [0.2, 0.25) is 0 Å². The number of anilines is 2. The van der Waals surface area contributed by atoms with E-state index < -0.39 is 23.9 Å². The fourth-order valence-corrected chi connectivity index (χ4v) is 3.66. The van der Waals surface area contributed by atoms with Crippen molar-refractivity contribution < 1.29 is 14.4 Å². The second kappa shape index (κ2) is 7.70. The van der Waals surface area contributed by atoms with Gasteiger partial charge in [0.05, 0.1) is 5.69 Å². The van der Waals surface area contributed by atoms with Gasteiger partial charge in [0.25, 0.3) is 11.8 Å². The number of carbonyl (C=O) groups is 3. The monoisotopic (exact) mass is 405 g/mol. The van der Waals surface area contributed by atoms with Gasteiger partial charge in [-0.15, -0.1) is 0 Å². The van der Waals surface area contributed by atoms with Gasteiger partial charge in [0.15, 0.2) is 12.1 Å². The Balaban J connectivity index is 1.47. The highest BCUT2D eigenvalue weighted by molar-refractivity contribution is 6.25. The molecule has 4 rings (SSSR count). The first kappa shape index (κ1) is 19.8. The summed E-state index contributed by atoms with van der Waals surface area (Å²) in [5.74, 6) is -1.17. The zero-order valence-corrected chi connectivity index (χ0v) is 17.1. The molecule has 0 saturated carbocycles. The molecule has 1 saturated heterocycles. The fourth-order valence-electron chi connectivity index (χ4n) is 3.66. The maximum atomic E-state index is 13.0. The number of amides is 3. The van der Waals surface area contributed by atoms with Crippen LogP contribution < -0.4 is 10.2 Å². The normalized spacial score (nSPS) is 20.1. The molecule has 1 N–H and O–H groups in total. The lowest BCUT2D eigenvalue weighted by Crippen LogP contribution is -2.43. The molecule has 154 valence electrons. The Morgan fingerprint density at radius 2 is 1.77 bits per heavy atom. The summed E-state index contributed by atoms with van der Waals surface area (Å²) in [5, 5.41) is 12.0. The predicted octanol–water partition coefficient (Wildman–Crippen LogP) is 2.80. The first-order valence-electron chi connectivity index (χ1n) is 9.90. The van der Waals surface area contributed by atoms with Crippen molar-refractivity contribution in [3.63, 3.8) is 0 Å². The summed E-state index contributed by atoms with van der Waals surface area (Å²) < 4.78 is 0. The SMILES string of the molecule is CCc1ccc(N2C(=O)[C@@H]3N=NN(CC(=O)Nc4ccc(C)c(C)c4)[C@H]3C2=O)cc1. The summed E-state index contributed by atoms with van der Waals surface area (Å²) in [6, 6.07) is 11.1. The summed E-state index contributed by atoms with van der Waals surface area (Å²) in [5.41, 5.74) is 4.48. The van der Waals surface area contributed by atoms with Crippen molar-refractivity contribution in [1.82, 2.24) is 5.01 Å². The molecule has 0 aliphatic carbocycles. The molecule has 0 spiro atoms. The Bertz CT molecular complexity index is 1050. The molecule has 2 aromatic carbocycles. The van der Waals surface area contributed by atoms with Gasteiger partial charge in [-0.25, -0.2) is 4.90 Å². The molecule has 1 fully saturated rings. The van der Waals surface area contributed by atoms with E-state index in [-0.39, 0.29) is 12.5 Å². The van der Waals surface area contributed by atoms with E-state index in [0.29, 0.717) is 11.4 Å². The summed E-state index contributed by atoms with van der Waals surface area (Å²) in [7, 11) is 0. The minimum Gasteiger partial charge on any atom is -0.324 e. The van der Waals surface area contributed by atoms with Crippen LogP contribution in [0, 0.1) is 13.8 Å². The van der Waals surface area contributed by atoms with Gasteiger partial charge in [0.2, 0.25) is 5.91 Å². The van der Waals surface area contributed by atoms with Crippen LogP contribution in [0.1, 0.15) is 23.6 Å². The molecule has 2 heterocycles. The van der Waals surface area contributed by atoms with Crippen LogP contribution in [0.15, 0.2) is 52.8 Å². The summed E-state index contributed by atoms with van der Waals surface area (Å²) in [4.78, 5) is 39.4. The topological polar surface area (TPSA) is 94.4 Å². The highest BCUT2D eigenvalue weighted by Gasteiger charge is 2.55. The van der Waals surface area contributed by atoms with Crippen LogP contribution >= 0.6 is 0 Å². The lowest BCUT2D eigenvalue weighted by Gasteiger charge is -2.20. The van der Waals surface area contributed by atoms with Gasteiger partial charge in [-0.05, 0) is 61.2 Å². The zero-order valence-electron chi connectivity index (χ0n) is 17.1. The molecule has 0 radical (unpaired) electrons. The molecular formula is C22H23N5O3. The van der Waals surface area contributed by atoms with Gasteiger partial charge in [0.1, 0.15) is 6.54 Å². The van der Waals surface area contributed by atoms with Crippen molar-refractivity contribution in [2.45, 2.75) is 39.3 Å². The average molecular weight is 405 g/mol. The van der Waals surface area contributed by atoms with Gasteiger partial charge < -0.3 is 5.32 Å². The number of fused-ring (bicyclic) bond motifs is 1. The molecule has 0 aromatic heterocycles. The molecular weight excluding hydrogens is 382 g/mol. The lowest BCUT2D eigenvalue weighted by atomic mass is 10.1. The highest BCUT2D eigenvalue weighted by atomic mass is 16.2. The van der Waals surface area contributed by atoms with Crippen molar-refractivity contribution in [2.75, 3.05) is 16.8 Å². The van der Waals surface area contributed by atoms with Crippen LogP contribution in [-0.4, -0.2) is 41.4 Å². The molecule has 0 unspecified atom stereocenters. The van der Waals surface area contributed by atoms with Crippen LogP contribution in [0.25, 0.3) is 0 Å². The van der Waals surface area contributed by atoms with Crippen molar-refractivity contribution in [3.8, 4) is 0 Å². The van der Waals surface area contributed by atoms with Gasteiger partial charge in [-0.1, -0.05) is 30.3 Å². The van der Waals surface area contributed by atoms with E-state index >= 15 is 0 Å². The number of aryl methyl sites for hydroxylation is 3. The minimum atomic E-state index is -0.919. The summed E-state index contributed by atoms with van der Waals surface area (Å²) in [6.07, 6.45) is 0.866. The van der Waals surface area contributed by atoms with Crippen LogP contribution in [0.5, 0.6) is 0 Å². The molecule has 8 nitrogen and oxygen atoms in total. The Morgan fingerprint density at radius 1 is 1.03 bits per heavy atom. The Kier molecular flexibility index (Phi) is 5.07. The van der Waals surface area contributed by atoms with Crippen LogP contribution in [-0.2, 0) is 20.8 Å². The fraction of sp³-hybridized carbons (Fsp3) is 0.318. The number of hydrogen-bond acceptors (Lipinski definition) is 6. The third-order valence-electron chi connectivity index (χ3n) is 5.56.